The molecule has 2 rings (SSSR count). The number of carbonyl (C=O) groups is 1. The summed E-state index contributed by atoms with van der Waals surface area (Å²) in [6, 6.07) is 7.52. The van der Waals surface area contributed by atoms with E-state index in [9.17, 15) is 9.59 Å². The second kappa shape index (κ2) is 4.97. The van der Waals surface area contributed by atoms with E-state index in [1.807, 2.05) is 31.2 Å². The van der Waals surface area contributed by atoms with Crippen LogP contribution in [0, 0.1) is 6.92 Å². The van der Waals surface area contributed by atoms with Crippen molar-refractivity contribution in [3.63, 3.8) is 0 Å². The fourth-order valence-corrected chi connectivity index (χ4v) is 1.99. The monoisotopic (exact) mass is 248 g/mol. The highest BCUT2D eigenvalue weighted by Gasteiger charge is 2.05. The molecule has 4 nitrogen and oxygen atoms in total. The van der Waals surface area contributed by atoms with Crippen molar-refractivity contribution in [2.45, 2.75) is 13.5 Å². The number of aryl methyl sites for hydroxylation is 1. The zero-order valence-corrected chi connectivity index (χ0v) is 10.2. The van der Waals surface area contributed by atoms with Crippen LogP contribution in [0.15, 0.2) is 40.6 Å². The molecule has 1 N–H and O–H groups in total. The minimum absolute atomic E-state index is 0.0518. The van der Waals surface area contributed by atoms with Gasteiger partial charge in [-0.05, 0) is 19.1 Å². The number of rotatable bonds is 3. The molecule has 0 aliphatic heterocycles. The van der Waals surface area contributed by atoms with Crippen LogP contribution in [0.3, 0.4) is 0 Å². The minimum atomic E-state index is -0.200. The maximum absolute atomic E-state index is 11.7. The standard InChI is InChI=1S/C12H12N2O2S/c1-9-2-4-10(5-3-9)13-11(15)8-14-6-7-17-12(14)16/h2-7H,8H2,1H3,(H,13,15). The molecule has 1 heterocycles. The largest absolute Gasteiger partial charge is 0.325 e. The quantitative estimate of drug-likeness (QED) is 0.901. The number of nitrogens with one attached hydrogen (secondary N) is 1. The Morgan fingerprint density at radius 2 is 2.06 bits per heavy atom. The van der Waals surface area contributed by atoms with E-state index in [1.165, 1.54) is 4.57 Å². The minimum Gasteiger partial charge on any atom is -0.325 e. The van der Waals surface area contributed by atoms with Crippen LogP contribution < -0.4 is 10.2 Å². The van der Waals surface area contributed by atoms with Crippen LogP contribution in [0.1, 0.15) is 5.56 Å². The van der Waals surface area contributed by atoms with Crippen molar-refractivity contribution in [3.8, 4) is 0 Å². The molecule has 88 valence electrons. The SMILES string of the molecule is Cc1ccc(NC(=O)Cn2ccsc2=O)cc1. The molecular weight excluding hydrogens is 236 g/mol. The van der Waals surface area contributed by atoms with Crippen molar-refractivity contribution < 1.29 is 4.79 Å². The van der Waals surface area contributed by atoms with E-state index in [1.54, 1.807) is 11.6 Å². The Bertz CT molecular complexity index is 569. The highest BCUT2D eigenvalue weighted by molar-refractivity contribution is 7.07. The Kier molecular flexibility index (Phi) is 3.39. The summed E-state index contributed by atoms with van der Waals surface area (Å²) < 4.78 is 1.38. The predicted octanol–water partition coefficient (Wildman–Crippen LogP) is 1.86. The number of anilines is 1. The maximum Gasteiger partial charge on any atom is 0.307 e. The first-order valence-corrected chi connectivity index (χ1v) is 6.03. The molecule has 5 heteroatoms. The zero-order chi connectivity index (χ0) is 12.3. The van der Waals surface area contributed by atoms with Gasteiger partial charge in [0.25, 0.3) is 0 Å². The van der Waals surface area contributed by atoms with Gasteiger partial charge in [-0.25, -0.2) is 0 Å². The van der Waals surface area contributed by atoms with Crippen LogP contribution in [0.5, 0.6) is 0 Å². The van der Waals surface area contributed by atoms with Crippen molar-refractivity contribution in [1.82, 2.24) is 4.57 Å². The third-order valence-corrected chi connectivity index (χ3v) is 2.99. The van der Waals surface area contributed by atoms with Gasteiger partial charge in [0.1, 0.15) is 6.54 Å². The molecule has 0 aliphatic carbocycles. The lowest BCUT2D eigenvalue weighted by Gasteiger charge is -2.05. The molecule has 17 heavy (non-hydrogen) atoms. The van der Waals surface area contributed by atoms with Crippen LogP contribution in [0.4, 0.5) is 5.69 Å². The highest BCUT2D eigenvalue weighted by atomic mass is 32.1. The normalized spacial score (nSPS) is 10.2. The number of benzene rings is 1. The number of amides is 1. The van der Waals surface area contributed by atoms with Crippen LogP contribution >= 0.6 is 11.3 Å². The summed E-state index contributed by atoms with van der Waals surface area (Å²) >= 11 is 1.08. The first-order chi connectivity index (χ1) is 8.15. The smallest absolute Gasteiger partial charge is 0.307 e. The third-order valence-electron chi connectivity index (χ3n) is 2.29. The van der Waals surface area contributed by atoms with Gasteiger partial charge < -0.3 is 5.32 Å². The summed E-state index contributed by atoms with van der Waals surface area (Å²) in [4.78, 5) is 22.8. The summed E-state index contributed by atoms with van der Waals surface area (Å²) in [5, 5.41) is 4.41. The Morgan fingerprint density at radius 3 is 2.65 bits per heavy atom. The number of thiazole rings is 1. The fraction of sp³-hybridized carbons (Fsp3) is 0.167. The van der Waals surface area contributed by atoms with Gasteiger partial charge in [-0.1, -0.05) is 29.0 Å². The highest BCUT2D eigenvalue weighted by Crippen LogP contribution is 2.08. The summed E-state index contributed by atoms with van der Waals surface area (Å²) in [5.41, 5.74) is 1.88. The van der Waals surface area contributed by atoms with E-state index in [2.05, 4.69) is 5.32 Å². The number of aromatic nitrogens is 1. The Labute approximate surface area is 103 Å². The Morgan fingerprint density at radius 1 is 1.35 bits per heavy atom. The van der Waals surface area contributed by atoms with Gasteiger partial charge in [-0.3, -0.25) is 14.2 Å². The van der Waals surface area contributed by atoms with Gasteiger partial charge in [0.15, 0.2) is 0 Å². The number of carbonyl (C=O) groups excluding carboxylic acids is 1. The first-order valence-electron chi connectivity index (χ1n) is 5.15. The van der Waals surface area contributed by atoms with Gasteiger partial charge >= 0.3 is 4.87 Å². The average Bonchev–Trinajstić information content (AvgIpc) is 2.68. The molecule has 0 bridgehead atoms. The molecule has 0 saturated carbocycles. The zero-order valence-electron chi connectivity index (χ0n) is 9.34. The predicted molar refractivity (Wildman–Crippen MR) is 68.4 cm³/mol. The summed E-state index contributed by atoms with van der Waals surface area (Å²) in [7, 11) is 0. The molecule has 0 unspecified atom stereocenters. The summed E-state index contributed by atoms with van der Waals surface area (Å²) in [5.74, 6) is -0.200. The summed E-state index contributed by atoms with van der Waals surface area (Å²) in [6.45, 7) is 2.03. The van der Waals surface area contributed by atoms with Gasteiger partial charge in [0.2, 0.25) is 5.91 Å². The van der Waals surface area contributed by atoms with Gasteiger partial charge in [-0.2, -0.15) is 0 Å². The molecule has 2 aromatic rings. The average molecular weight is 248 g/mol. The van der Waals surface area contributed by atoms with Crippen molar-refractivity contribution >= 4 is 22.9 Å². The van der Waals surface area contributed by atoms with Crippen LogP contribution in [-0.2, 0) is 11.3 Å². The van der Waals surface area contributed by atoms with E-state index >= 15 is 0 Å². The first kappa shape index (κ1) is 11.6. The lowest BCUT2D eigenvalue weighted by molar-refractivity contribution is -0.116. The molecule has 0 aliphatic rings. The number of hydrogen-bond donors (Lipinski definition) is 1. The van der Waals surface area contributed by atoms with Gasteiger partial charge in [0, 0.05) is 17.3 Å². The molecule has 1 aromatic heterocycles. The second-order valence-electron chi connectivity index (χ2n) is 3.71. The molecule has 1 aromatic carbocycles. The van der Waals surface area contributed by atoms with E-state index in [0.717, 1.165) is 22.6 Å². The lowest BCUT2D eigenvalue weighted by Crippen LogP contribution is -2.23. The molecule has 0 fully saturated rings. The van der Waals surface area contributed by atoms with E-state index in [4.69, 9.17) is 0 Å². The maximum atomic E-state index is 11.7. The Balaban J connectivity index is 2.00. The Hall–Kier alpha value is -1.88. The van der Waals surface area contributed by atoms with Crippen LogP contribution in [0.25, 0.3) is 0 Å². The molecule has 0 saturated heterocycles. The second-order valence-corrected chi connectivity index (χ2v) is 4.57. The van der Waals surface area contributed by atoms with Crippen molar-refractivity contribution in [1.29, 1.82) is 0 Å². The topological polar surface area (TPSA) is 51.1 Å². The van der Waals surface area contributed by atoms with Crippen LogP contribution in [-0.4, -0.2) is 10.5 Å². The lowest BCUT2D eigenvalue weighted by atomic mass is 10.2. The van der Waals surface area contributed by atoms with Gasteiger partial charge in [0.05, 0.1) is 0 Å². The van der Waals surface area contributed by atoms with Crippen LogP contribution in [0.2, 0.25) is 0 Å². The summed E-state index contributed by atoms with van der Waals surface area (Å²) in [6.07, 6.45) is 1.61. The van der Waals surface area contributed by atoms with E-state index in [-0.39, 0.29) is 17.3 Å². The van der Waals surface area contributed by atoms with Crippen molar-refractivity contribution in [3.05, 3.63) is 51.1 Å². The number of hydrogen-bond acceptors (Lipinski definition) is 3. The molecule has 0 radical (unpaired) electrons. The molecular formula is C12H12N2O2S. The van der Waals surface area contributed by atoms with Gasteiger partial charge in [-0.15, -0.1) is 0 Å². The van der Waals surface area contributed by atoms with Crippen molar-refractivity contribution in [2.75, 3.05) is 5.32 Å². The number of nitrogens with zero attached hydrogens (tertiary/aromatic N) is 1. The van der Waals surface area contributed by atoms with Crippen molar-refractivity contribution in [2.24, 2.45) is 0 Å². The molecule has 0 spiro atoms. The molecule has 0 atom stereocenters. The fourth-order valence-electron chi connectivity index (χ4n) is 1.40. The third kappa shape index (κ3) is 3.04. The van der Waals surface area contributed by atoms with E-state index in [0.29, 0.717) is 0 Å². The molecule has 1 amide bonds. The van der Waals surface area contributed by atoms with E-state index < -0.39 is 0 Å².